The number of nitrogens with zero attached hydrogens (tertiary/aromatic N) is 4. The van der Waals surface area contributed by atoms with Crippen LogP contribution in [0.4, 0.5) is 9.52 Å². The van der Waals surface area contributed by atoms with Crippen molar-refractivity contribution < 1.29 is 9.18 Å². The van der Waals surface area contributed by atoms with E-state index in [1.807, 2.05) is 5.38 Å². The zero-order valence-electron chi connectivity index (χ0n) is 10.9. The maximum atomic E-state index is 12.9. The van der Waals surface area contributed by atoms with Gasteiger partial charge in [-0.05, 0) is 24.3 Å². The van der Waals surface area contributed by atoms with E-state index >= 15 is 0 Å². The van der Waals surface area contributed by atoms with Gasteiger partial charge in [0.1, 0.15) is 17.0 Å². The largest absolute Gasteiger partial charge is 0.287 e. The van der Waals surface area contributed by atoms with Crippen LogP contribution < -0.4 is 4.90 Å². The van der Waals surface area contributed by atoms with E-state index in [2.05, 4.69) is 15.2 Å². The van der Waals surface area contributed by atoms with E-state index in [0.717, 1.165) is 0 Å². The molecule has 0 unspecified atom stereocenters. The minimum atomic E-state index is -0.373. The second-order valence-electron chi connectivity index (χ2n) is 4.13. The van der Waals surface area contributed by atoms with E-state index in [4.69, 9.17) is 0 Å². The van der Waals surface area contributed by atoms with Crippen LogP contribution in [0.1, 0.15) is 10.4 Å². The highest BCUT2D eigenvalue weighted by Crippen LogP contribution is 2.28. The number of benzene rings is 1. The Kier molecular flexibility index (Phi) is 3.72. The van der Waals surface area contributed by atoms with Crippen LogP contribution in [0.15, 0.2) is 35.2 Å². The van der Waals surface area contributed by atoms with Gasteiger partial charge in [-0.15, -0.1) is 21.5 Å². The molecule has 0 aliphatic heterocycles. The first-order valence-corrected chi connectivity index (χ1v) is 7.67. The van der Waals surface area contributed by atoms with Gasteiger partial charge in [0.15, 0.2) is 10.1 Å². The van der Waals surface area contributed by atoms with Gasteiger partial charge in [-0.2, -0.15) is 0 Å². The Morgan fingerprint density at radius 1 is 1.24 bits per heavy atom. The van der Waals surface area contributed by atoms with Gasteiger partial charge < -0.3 is 0 Å². The number of amides is 1. The maximum Gasteiger partial charge on any atom is 0.259 e. The molecule has 0 atom stereocenters. The van der Waals surface area contributed by atoms with Crippen molar-refractivity contribution >= 4 is 33.7 Å². The average Bonchev–Trinajstić information content (AvgIpc) is 3.17. The van der Waals surface area contributed by atoms with Gasteiger partial charge in [-0.25, -0.2) is 9.37 Å². The van der Waals surface area contributed by atoms with Gasteiger partial charge in [-0.3, -0.25) is 9.69 Å². The Morgan fingerprint density at radius 2 is 2.00 bits per heavy atom. The molecule has 21 heavy (non-hydrogen) atoms. The normalized spacial score (nSPS) is 10.6. The molecule has 1 aromatic carbocycles. The topological polar surface area (TPSA) is 59.0 Å². The van der Waals surface area contributed by atoms with E-state index in [1.165, 1.54) is 51.8 Å². The molecule has 1 amide bonds. The predicted octanol–water partition coefficient (Wildman–Crippen LogP) is 3.08. The summed E-state index contributed by atoms with van der Waals surface area (Å²) < 4.78 is 12.9. The zero-order chi connectivity index (χ0) is 14.8. The van der Waals surface area contributed by atoms with Crippen LogP contribution in [0.2, 0.25) is 0 Å². The van der Waals surface area contributed by atoms with Crippen molar-refractivity contribution in [2.24, 2.45) is 0 Å². The summed E-state index contributed by atoms with van der Waals surface area (Å²) in [4.78, 5) is 18.1. The molecule has 106 valence electrons. The number of carbonyl (C=O) groups is 1. The summed E-state index contributed by atoms with van der Waals surface area (Å²) in [6, 6.07) is 5.42. The number of anilines is 1. The van der Waals surface area contributed by atoms with Crippen LogP contribution in [-0.4, -0.2) is 28.1 Å². The Balaban J connectivity index is 1.83. The second-order valence-corrected chi connectivity index (χ2v) is 5.80. The van der Waals surface area contributed by atoms with Crippen molar-refractivity contribution in [3.05, 3.63) is 46.5 Å². The van der Waals surface area contributed by atoms with E-state index in [1.54, 1.807) is 12.6 Å². The first-order chi connectivity index (χ1) is 10.1. The van der Waals surface area contributed by atoms with Crippen LogP contribution >= 0.6 is 22.7 Å². The van der Waals surface area contributed by atoms with Gasteiger partial charge in [0.2, 0.25) is 0 Å². The van der Waals surface area contributed by atoms with Crippen LogP contribution in [0.5, 0.6) is 0 Å². The van der Waals surface area contributed by atoms with Gasteiger partial charge in [0, 0.05) is 18.0 Å². The molecular weight excluding hydrogens is 311 g/mol. The minimum absolute atomic E-state index is 0.242. The molecule has 2 aromatic heterocycles. The fourth-order valence-corrected chi connectivity index (χ4v) is 3.04. The molecule has 0 saturated carbocycles. The highest BCUT2D eigenvalue weighted by atomic mass is 32.1. The summed E-state index contributed by atoms with van der Waals surface area (Å²) in [6.07, 6.45) is 0. The third-order valence-corrected chi connectivity index (χ3v) is 4.38. The van der Waals surface area contributed by atoms with Crippen LogP contribution in [0.25, 0.3) is 10.7 Å². The molecule has 3 aromatic rings. The third kappa shape index (κ3) is 2.81. The van der Waals surface area contributed by atoms with E-state index in [-0.39, 0.29) is 11.7 Å². The fourth-order valence-electron chi connectivity index (χ4n) is 1.67. The molecule has 0 saturated heterocycles. The number of thiazole rings is 1. The third-order valence-electron chi connectivity index (χ3n) is 2.75. The Hall–Kier alpha value is -2.19. The van der Waals surface area contributed by atoms with Crippen molar-refractivity contribution in [1.29, 1.82) is 0 Å². The number of aromatic nitrogens is 3. The molecule has 5 nitrogen and oxygen atoms in total. The molecule has 0 radical (unpaired) electrons. The SMILES string of the molecule is CN(C(=O)c1ccc(F)cc1)c1nc(-c2nncs2)cs1. The summed E-state index contributed by atoms with van der Waals surface area (Å²) in [7, 11) is 1.63. The molecule has 3 rings (SSSR count). The Morgan fingerprint density at radius 3 is 2.67 bits per heavy atom. The zero-order valence-corrected chi connectivity index (χ0v) is 12.5. The molecule has 0 aliphatic rings. The van der Waals surface area contributed by atoms with Crippen molar-refractivity contribution in [2.75, 3.05) is 11.9 Å². The summed E-state index contributed by atoms with van der Waals surface area (Å²) in [5.41, 5.74) is 2.73. The highest BCUT2D eigenvalue weighted by molar-refractivity contribution is 7.15. The number of halogens is 1. The number of hydrogen-bond acceptors (Lipinski definition) is 6. The molecular formula is C13H9FN4OS2. The van der Waals surface area contributed by atoms with Gasteiger partial charge in [-0.1, -0.05) is 11.3 Å². The fraction of sp³-hybridized carbons (Fsp3) is 0.0769. The molecule has 0 aliphatic carbocycles. The maximum absolute atomic E-state index is 12.9. The Labute approximate surface area is 127 Å². The first-order valence-electron chi connectivity index (χ1n) is 5.91. The van der Waals surface area contributed by atoms with Crippen LogP contribution in [0.3, 0.4) is 0 Å². The highest BCUT2D eigenvalue weighted by Gasteiger charge is 2.17. The lowest BCUT2D eigenvalue weighted by atomic mass is 10.2. The van der Waals surface area contributed by atoms with Crippen LogP contribution in [-0.2, 0) is 0 Å². The lowest BCUT2D eigenvalue weighted by Crippen LogP contribution is -2.26. The summed E-state index contributed by atoms with van der Waals surface area (Å²) in [5.74, 6) is -0.616. The second kappa shape index (κ2) is 5.66. The number of rotatable bonds is 3. The van der Waals surface area contributed by atoms with Crippen LogP contribution in [0, 0.1) is 5.82 Å². The quantitative estimate of drug-likeness (QED) is 0.744. The lowest BCUT2D eigenvalue weighted by molar-refractivity contribution is 0.0993. The van der Waals surface area contributed by atoms with Crippen molar-refractivity contribution in [2.45, 2.75) is 0 Å². The molecule has 8 heteroatoms. The lowest BCUT2D eigenvalue weighted by Gasteiger charge is -2.13. The standard InChI is InChI=1S/C13H9FN4OS2/c1-18(12(19)8-2-4-9(14)5-3-8)13-16-10(6-20-13)11-17-15-7-21-11/h2-7H,1H3. The van der Waals surface area contributed by atoms with E-state index in [9.17, 15) is 9.18 Å². The smallest absolute Gasteiger partial charge is 0.259 e. The number of hydrogen-bond donors (Lipinski definition) is 0. The number of carbonyl (C=O) groups excluding carboxylic acids is 1. The van der Waals surface area contributed by atoms with Crippen molar-refractivity contribution in [1.82, 2.24) is 15.2 Å². The van der Waals surface area contributed by atoms with Gasteiger partial charge in [0.05, 0.1) is 0 Å². The molecule has 0 fully saturated rings. The first kappa shape index (κ1) is 13.8. The van der Waals surface area contributed by atoms with E-state index < -0.39 is 0 Å². The predicted molar refractivity (Wildman–Crippen MR) is 80.2 cm³/mol. The minimum Gasteiger partial charge on any atom is -0.287 e. The summed E-state index contributed by atoms with van der Waals surface area (Å²) in [6.45, 7) is 0. The molecule has 0 bridgehead atoms. The average molecular weight is 320 g/mol. The summed E-state index contributed by atoms with van der Waals surface area (Å²) >= 11 is 2.73. The summed E-state index contributed by atoms with van der Waals surface area (Å²) in [5, 5.41) is 10.8. The van der Waals surface area contributed by atoms with E-state index in [0.29, 0.717) is 21.4 Å². The van der Waals surface area contributed by atoms with Crippen molar-refractivity contribution in [3.63, 3.8) is 0 Å². The van der Waals surface area contributed by atoms with Gasteiger partial charge in [0.25, 0.3) is 5.91 Å². The van der Waals surface area contributed by atoms with Gasteiger partial charge >= 0.3 is 0 Å². The Bertz CT molecular complexity index is 755. The molecule has 2 heterocycles. The molecule has 0 spiro atoms. The monoisotopic (exact) mass is 320 g/mol. The molecule has 0 N–H and O–H groups in total. The van der Waals surface area contributed by atoms with Crippen molar-refractivity contribution in [3.8, 4) is 10.7 Å².